The number of halogens is 2. The molecule has 0 aliphatic carbocycles. The summed E-state index contributed by atoms with van der Waals surface area (Å²) in [7, 11) is 0. The highest BCUT2D eigenvalue weighted by Gasteiger charge is 2.39. The quantitative estimate of drug-likeness (QED) is 0.279. The molecule has 6 rings (SSSR count). The summed E-state index contributed by atoms with van der Waals surface area (Å²) < 4.78 is 34.3. The van der Waals surface area contributed by atoms with Crippen molar-refractivity contribution in [3.8, 4) is 5.75 Å². The second kappa shape index (κ2) is 8.31. The summed E-state index contributed by atoms with van der Waals surface area (Å²) in [5.41, 5.74) is 3.74. The molecule has 4 heteroatoms. The van der Waals surface area contributed by atoms with Crippen molar-refractivity contribution in [1.82, 2.24) is 0 Å². The molecule has 5 aromatic carbocycles. The van der Waals surface area contributed by atoms with E-state index in [0.29, 0.717) is 0 Å². The van der Waals surface area contributed by atoms with Gasteiger partial charge < -0.3 is 9.64 Å². The van der Waals surface area contributed by atoms with Gasteiger partial charge in [-0.2, -0.15) is 0 Å². The van der Waals surface area contributed by atoms with Crippen molar-refractivity contribution in [2.45, 2.75) is 12.3 Å². The first kappa shape index (κ1) is 20.4. The van der Waals surface area contributed by atoms with Crippen LogP contribution in [0.25, 0.3) is 10.8 Å². The third-order valence-corrected chi connectivity index (χ3v) is 6.37. The predicted octanol–water partition coefficient (Wildman–Crippen LogP) is 7.81. The van der Waals surface area contributed by atoms with Gasteiger partial charge in [-0.3, -0.25) is 0 Å². The third kappa shape index (κ3) is 3.48. The molecule has 0 aromatic heterocycles. The minimum absolute atomic E-state index is 0.257. The monoisotopic (exact) mass is 449 g/mol. The standard InChI is InChI=1S/C30H21F2NO/c31-23-15-10-21(11-16-23)29-28-26-9-5-4-6-20(26)14-19-27(28)34-30(22-12-17-24(32)18-13-22)33(29)25-7-2-1-3-8-25/h1-19,29-30H. The van der Waals surface area contributed by atoms with Crippen molar-refractivity contribution in [2.75, 3.05) is 4.90 Å². The van der Waals surface area contributed by atoms with Crippen molar-refractivity contribution in [3.05, 3.63) is 144 Å². The summed E-state index contributed by atoms with van der Waals surface area (Å²) in [5, 5.41) is 2.18. The van der Waals surface area contributed by atoms with E-state index in [0.717, 1.165) is 38.9 Å². The number of hydrogen-bond donors (Lipinski definition) is 0. The molecule has 1 heterocycles. The van der Waals surface area contributed by atoms with Crippen molar-refractivity contribution < 1.29 is 13.5 Å². The molecule has 34 heavy (non-hydrogen) atoms. The minimum Gasteiger partial charge on any atom is -0.466 e. The zero-order chi connectivity index (χ0) is 23.1. The Balaban J connectivity index is 1.66. The van der Waals surface area contributed by atoms with Gasteiger partial charge in [0.15, 0.2) is 6.23 Å². The van der Waals surface area contributed by atoms with Gasteiger partial charge in [-0.05, 0) is 58.8 Å². The molecule has 166 valence electrons. The maximum Gasteiger partial charge on any atom is 0.199 e. The topological polar surface area (TPSA) is 12.5 Å². The number of fused-ring (bicyclic) bond motifs is 3. The predicted molar refractivity (Wildman–Crippen MR) is 131 cm³/mol. The number of benzene rings is 5. The highest BCUT2D eigenvalue weighted by molar-refractivity contribution is 5.89. The second-order valence-electron chi connectivity index (χ2n) is 8.42. The van der Waals surface area contributed by atoms with E-state index in [1.165, 1.54) is 24.3 Å². The first-order valence-electron chi connectivity index (χ1n) is 11.2. The van der Waals surface area contributed by atoms with Crippen LogP contribution in [0.3, 0.4) is 0 Å². The number of para-hydroxylation sites is 1. The van der Waals surface area contributed by atoms with Crippen LogP contribution in [0.2, 0.25) is 0 Å². The maximum atomic E-state index is 13.9. The van der Waals surface area contributed by atoms with E-state index in [9.17, 15) is 8.78 Å². The Morgan fingerprint density at radius 2 is 1.21 bits per heavy atom. The number of hydrogen-bond acceptors (Lipinski definition) is 2. The summed E-state index contributed by atoms with van der Waals surface area (Å²) in [6.07, 6.45) is -0.508. The number of rotatable bonds is 3. The molecular weight excluding hydrogens is 428 g/mol. The van der Waals surface area contributed by atoms with Crippen LogP contribution >= 0.6 is 0 Å². The van der Waals surface area contributed by atoms with E-state index >= 15 is 0 Å². The van der Waals surface area contributed by atoms with Gasteiger partial charge in [0.1, 0.15) is 17.4 Å². The molecule has 2 unspecified atom stereocenters. The van der Waals surface area contributed by atoms with Crippen LogP contribution in [0.5, 0.6) is 5.75 Å². The number of anilines is 1. The van der Waals surface area contributed by atoms with Gasteiger partial charge in [0.25, 0.3) is 0 Å². The van der Waals surface area contributed by atoms with Gasteiger partial charge in [0.05, 0.1) is 6.04 Å². The zero-order valence-electron chi connectivity index (χ0n) is 18.2. The second-order valence-corrected chi connectivity index (χ2v) is 8.42. The molecule has 0 bridgehead atoms. The summed E-state index contributed by atoms with van der Waals surface area (Å²) >= 11 is 0. The molecule has 0 saturated heterocycles. The van der Waals surface area contributed by atoms with Crippen LogP contribution in [0.4, 0.5) is 14.5 Å². The van der Waals surface area contributed by atoms with E-state index in [-0.39, 0.29) is 17.7 Å². The van der Waals surface area contributed by atoms with Crippen LogP contribution in [-0.4, -0.2) is 0 Å². The highest BCUT2D eigenvalue weighted by Crippen LogP contribution is 2.50. The molecule has 0 saturated carbocycles. The highest BCUT2D eigenvalue weighted by atomic mass is 19.1. The Labute approximate surface area is 196 Å². The van der Waals surface area contributed by atoms with Gasteiger partial charge in [-0.15, -0.1) is 0 Å². The smallest absolute Gasteiger partial charge is 0.199 e. The van der Waals surface area contributed by atoms with Crippen molar-refractivity contribution >= 4 is 16.5 Å². The fourth-order valence-electron chi connectivity index (χ4n) is 4.82. The lowest BCUT2D eigenvalue weighted by Gasteiger charge is -2.45. The molecule has 0 spiro atoms. The van der Waals surface area contributed by atoms with Crippen LogP contribution < -0.4 is 9.64 Å². The van der Waals surface area contributed by atoms with Crippen molar-refractivity contribution in [2.24, 2.45) is 0 Å². The lowest BCUT2D eigenvalue weighted by molar-refractivity contribution is 0.170. The minimum atomic E-state index is -0.508. The van der Waals surface area contributed by atoms with Crippen LogP contribution in [0, 0.1) is 11.6 Å². The maximum absolute atomic E-state index is 13.9. The molecular formula is C30H21F2NO. The van der Waals surface area contributed by atoms with Crippen LogP contribution in [-0.2, 0) is 0 Å². The first-order valence-corrected chi connectivity index (χ1v) is 11.2. The van der Waals surface area contributed by atoms with E-state index in [4.69, 9.17) is 4.74 Å². The molecule has 5 aromatic rings. The zero-order valence-corrected chi connectivity index (χ0v) is 18.2. The Bertz CT molecular complexity index is 1450. The Hall–Kier alpha value is -4.18. The largest absolute Gasteiger partial charge is 0.466 e. The molecule has 0 radical (unpaired) electrons. The Morgan fingerprint density at radius 3 is 1.91 bits per heavy atom. The van der Waals surface area contributed by atoms with Crippen LogP contribution in [0.15, 0.2) is 115 Å². The van der Waals surface area contributed by atoms with Crippen molar-refractivity contribution in [1.29, 1.82) is 0 Å². The lowest BCUT2D eigenvalue weighted by Crippen LogP contribution is -2.40. The first-order chi connectivity index (χ1) is 16.7. The summed E-state index contributed by atoms with van der Waals surface area (Å²) in [5.74, 6) is 0.178. The van der Waals surface area contributed by atoms with E-state index in [1.807, 2.05) is 60.7 Å². The lowest BCUT2D eigenvalue weighted by atomic mass is 9.89. The van der Waals surface area contributed by atoms with Gasteiger partial charge in [-0.1, -0.05) is 72.8 Å². The van der Waals surface area contributed by atoms with Gasteiger partial charge in [-0.25, -0.2) is 8.78 Å². The van der Waals surface area contributed by atoms with E-state index < -0.39 is 6.23 Å². The average Bonchev–Trinajstić information content (AvgIpc) is 2.89. The SMILES string of the molecule is Fc1ccc(C2Oc3ccc4ccccc4c3C(c3ccc(F)cc3)N2c2ccccc2)cc1. The fraction of sp³-hybridized carbons (Fsp3) is 0.0667. The third-order valence-electron chi connectivity index (χ3n) is 6.37. The average molecular weight is 450 g/mol. The summed E-state index contributed by atoms with van der Waals surface area (Å²) in [6.45, 7) is 0. The van der Waals surface area contributed by atoms with E-state index in [1.54, 1.807) is 12.1 Å². The molecule has 2 atom stereocenters. The van der Waals surface area contributed by atoms with E-state index in [2.05, 4.69) is 23.1 Å². The van der Waals surface area contributed by atoms with Crippen molar-refractivity contribution in [3.63, 3.8) is 0 Å². The molecule has 0 fully saturated rings. The molecule has 0 N–H and O–H groups in total. The Kier molecular flexibility index (Phi) is 4.99. The number of ether oxygens (including phenoxy) is 1. The van der Waals surface area contributed by atoms with Gasteiger partial charge >= 0.3 is 0 Å². The molecule has 0 amide bonds. The van der Waals surface area contributed by atoms with Crippen LogP contribution in [0.1, 0.15) is 29.0 Å². The summed E-state index contributed by atoms with van der Waals surface area (Å²) in [4.78, 5) is 2.19. The molecule has 2 nitrogen and oxygen atoms in total. The Morgan fingerprint density at radius 1 is 0.588 bits per heavy atom. The molecule has 1 aliphatic rings. The van der Waals surface area contributed by atoms with Gasteiger partial charge in [0, 0.05) is 16.8 Å². The fourth-order valence-corrected chi connectivity index (χ4v) is 4.82. The summed E-state index contributed by atoms with van der Waals surface area (Å²) in [6, 6.07) is 35.0. The normalized spacial score (nSPS) is 17.3. The van der Waals surface area contributed by atoms with Gasteiger partial charge in [0.2, 0.25) is 0 Å². The number of nitrogens with zero attached hydrogens (tertiary/aromatic N) is 1. The molecule has 1 aliphatic heterocycles.